The number of amides is 2. The van der Waals surface area contributed by atoms with Crippen molar-refractivity contribution in [3.63, 3.8) is 0 Å². The van der Waals surface area contributed by atoms with E-state index >= 15 is 0 Å². The molecule has 4 nitrogen and oxygen atoms in total. The number of halogens is 1. The molecule has 100 valence electrons. The molecule has 0 heterocycles. The molecule has 0 spiro atoms. The van der Waals surface area contributed by atoms with Gasteiger partial charge >= 0.3 is 6.03 Å². The quantitative estimate of drug-likeness (QED) is 0.870. The van der Waals surface area contributed by atoms with Crippen LogP contribution in [0.25, 0.3) is 0 Å². The van der Waals surface area contributed by atoms with E-state index < -0.39 is 6.03 Å². The molecule has 0 aliphatic rings. The van der Waals surface area contributed by atoms with Gasteiger partial charge in [0.15, 0.2) is 0 Å². The van der Waals surface area contributed by atoms with Gasteiger partial charge < -0.3 is 10.6 Å². The van der Waals surface area contributed by atoms with Crippen LogP contribution in [0.4, 0.5) is 16.2 Å². The van der Waals surface area contributed by atoms with Crippen molar-refractivity contribution in [2.24, 2.45) is 0 Å². The molecule has 0 fully saturated rings. The fourth-order valence-electron chi connectivity index (χ4n) is 1.67. The number of urea groups is 1. The molecule has 2 rings (SSSR count). The van der Waals surface area contributed by atoms with E-state index in [9.17, 15) is 4.79 Å². The van der Waals surface area contributed by atoms with E-state index in [2.05, 4.69) is 10.6 Å². The lowest BCUT2D eigenvalue weighted by atomic mass is 10.2. The number of hydrogen-bond acceptors (Lipinski definition) is 2. The molecular weight excluding hydrogens is 274 g/mol. The molecule has 2 aromatic carbocycles. The van der Waals surface area contributed by atoms with Crippen molar-refractivity contribution in [3.8, 4) is 6.07 Å². The van der Waals surface area contributed by atoms with Gasteiger partial charge in [-0.3, -0.25) is 0 Å². The number of carbonyl (C=O) groups is 1. The lowest BCUT2D eigenvalue weighted by molar-refractivity contribution is 0.262. The Morgan fingerprint density at radius 2 is 2.00 bits per heavy atom. The van der Waals surface area contributed by atoms with Gasteiger partial charge in [0.2, 0.25) is 0 Å². The largest absolute Gasteiger partial charge is 0.323 e. The second-order valence-electron chi connectivity index (χ2n) is 4.26. The Morgan fingerprint density at radius 1 is 1.20 bits per heavy atom. The summed E-state index contributed by atoms with van der Waals surface area (Å²) in [6.45, 7) is 1.92. The van der Waals surface area contributed by atoms with Crippen molar-refractivity contribution in [3.05, 3.63) is 58.6 Å². The van der Waals surface area contributed by atoms with Crippen molar-refractivity contribution < 1.29 is 4.79 Å². The number of nitrogens with one attached hydrogen (secondary N) is 2. The lowest BCUT2D eigenvalue weighted by Gasteiger charge is -2.09. The summed E-state index contributed by atoms with van der Waals surface area (Å²) in [6, 6.07) is 13.6. The summed E-state index contributed by atoms with van der Waals surface area (Å²) < 4.78 is 0. The van der Waals surface area contributed by atoms with E-state index in [1.165, 1.54) is 0 Å². The van der Waals surface area contributed by atoms with Crippen molar-refractivity contribution in [2.45, 2.75) is 6.92 Å². The average molecular weight is 286 g/mol. The van der Waals surface area contributed by atoms with Gasteiger partial charge in [0.1, 0.15) is 0 Å². The predicted molar refractivity (Wildman–Crippen MR) is 80.0 cm³/mol. The fraction of sp³-hybridized carbons (Fsp3) is 0.0667. The second-order valence-corrected chi connectivity index (χ2v) is 4.66. The SMILES string of the molecule is Cc1ccc(NC(=O)Nc2cccc(C#N)c2)c(Cl)c1. The summed E-state index contributed by atoms with van der Waals surface area (Å²) in [5.74, 6) is 0. The van der Waals surface area contributed by atoms with Crippen LogP contribution in [0, 0.1) is 18.3 Å². The zero-order chi connectivity index (χ0) is 14.5. The number of nitrogens with zero attached hydrogens (tertiary/aromatic N) is 1. The minimum Gasteiger partial charge on any atom is -0.308 e. The maximum absolute atomic E-state index is 11.9. The van der Waals surface area contributed by atoms with Crippen LogP contribution in [0.2, 0.25) is 5.02 Å². The normalized spacial score (nSPS) is 9.65. The highest BCUT2D eigenvalue weighted by Gasteiger charge is 2.06. The van der Waals surface area contributed by atoms with Crippen LogP contribution in [0.3, 0.4) is 0 Å². The fourth-order valence-corrected chi connectivity index (χ4v) is 1.96. The summed E-state index contributed by atoms with van der Waals surface area (Å²) in [7, 11) is 0. The van der Waals surface area contributed by atoms with Crippen LogP contribution in [0.5, 0.6) is 0 Å². The Kier molecular flexibility index (Phi) is 4.24. The Bertz CT molecular complexity index is 692. The van der Waals surface area contributed by atoms with Gasteiger partial charge in [0.25, 0.3) is 0 Å². The van der Waals surface area contributed by atoms with Crippen LogP contribution in [-0.2, 0) is 0 Å². The molecule has 5 heteroatoms. The van der Waals surface area contributed by atoms with Crippen molar-refractivity contribution in [1.29, 1.82) is 5.26 Å². The topological polar surface area (TPSA) is 64.9 Å². The molecular formula is C15H12ClN3O. The molecule has 0 unspecified atom stereocenters. The summed E-state index contributed by atoms with van der Waals surface area (Å²) >= 11 is 6.04. The van der Waals surface area contributed by atoms with Crippen LogP contribution < -0.4 is 10.6 Å². The first-order valence-corrected chi connectivity index (χ1v) is 6.30. The molecule has 0 aliphatic heterocycles. The van der Waals surface area contributed by atoms with Crippen LogP contribution in [0.15, 0.2) is 42.5 Å². The zero-order valence-electron chi connectivity index (χ0n) is 10.8. The Labute approximate surface area is 122 Å². The highest BCUT2D eigenvalue weighted by Crippen LogP contribution is 2.22. The van der Waals surface area contributed by atoms with E-state index in [4.69, 9.17) is 16.9 Å². The number of benzene rings is 2. The minimum atomic E-state index is -0.411. The minimum absolute atomic E-state index is 0.411. The molecule has 0 saturated heterocycles. The summed E-state index contributed by atoms with van der Waals surface area (Å²) in [4.78, 5) is 11.9. The van der Waals surface area contributed by atoms with Gasteiger partial charge in [-0.05, 0) is 42.8 Å². The molecule has 2 aromatic rings. The maximum Gasteiger partial charge on any atom is 0.323 e. The number of anilines is 2. The monoisotopic (exact) mass is 285 g/mol. The Hall–Kier alpha value is -2.51. The average Bonchev–Trinajstić information content (AvgIpc) is 2.42. The van der Waals surface area contributed by atoms with Crippen molar-refractivity contribution in [2.75, 3.05) is 10.6 Å². The van der Waals surface area contributed by atoms with Crippen LogP contribution in [0.1, 0.15) is 11.1 Å². The molecule has 0 atom stereocenters. The smallest absolute Gasteiger partial charge is 0.308 e. The van der Waals surface area contributed by atoms with Crippen molar-refractivity contribution in [1.82, 2.24) is 0 Å². The molecule has 0 aromatic heterocycles. The molecule has 0 saturated carbocycles. The molecule has 0 aliphatic carbocycles. The van der Waals surface area contributed by atoms with Gasteiger partial charge in [-0.25, -0.2) is 4.79 Å². The first-order valence-electron chi connectivity index (χ1n) is 5.93. The van der Waals surface area contributed by atoms with Gasteiger partial charge in [0.05, 0.1) is 22.3 Å². The Morgan fingerprint density at radius 3 is 2.70 bits per heavy atom. The third-order valence-electron chi connectivity index (χ3n) is 2.62. The predicted octanol–water partition coefficient (Wildman–Crippen LogP) is 4.16. The maximum atomic E-state index is 11.9. The molecule has 20 heavy (non-hydrogen) atoms. The van der Waals surface area contributed by atoms with Gasteiger partial charge in [0, 0.05) is 5.69 Å². The molecule has 2 N–H and O–H groups in total. The molecule has 2 amide bonds. The first-order chi connectivity index (χ1) is 9.58. The zero-order valence-corrected chi connectivity index (χ0v) is 11.5. The lowest BCUT2D eigenvalue weighted by Crippen LogP contribution is -2.19. The number of rotatable bonds is 2. The number of hydrogen-bond donors (Lipinski definition) is 2. The second kappa shape index (κ2) is 6.09. The van der Waals surface area contributed by atoms with E-state index in [0.717, 1.165) is 5.56 Å². The van der Waals surface area contributed by atoms with E-state index in [1.807, 2.05) is 19.1 Å². The standard InChI is InChI=1S/C15H12ClN3O/c1-10-5-6-14(13(16)7-10)19-15(20)18-12-4-2-3-11(8-12)9-17/h2-8H,1H3,(H2,18,19,20). The number of aryl methyl sites for hydroxylation is 1. The van der Waals surface area contributed by atoms with Crippen molar-refractivity contribution >= 4 is 29.0 Å². The molecule has 0 radical (unpaired) electrons. The van der Waals surface area contributed by atoms with E-state index in [-0.39, 0.29) is 0 Å². The highest BCUT2D eigenvalue weighted by atomic mass is 35.5. The Balaban J connectivity index is 2.07. The van der Waals surface area contributed by atoms with Crippen LogP contribution in [-0.4, -0.2) is 6.03 Å². The number of carbonyl (C=O) groups excluding carboxylic acids is 1. The summed E-state index contributed by atoms with van der Waals surface area (Å²) in [6.07, 6.45) is 0. The third kappa shape index (κ3) is 3.50. The third-order valence-corrected chi connectivity index (χ3v) is 2.94. The summed E-state index contributed by atoms with van der Waals surface area (Å²) in [5.41, 5.74) is 2.58. The van der Waals surface area contributed by atoms with E-state index in [1.54, 1.807) is 36.4 Å². The first kappa shape index (κ1) is 13.9. The van der Waals surface area contributed by atoms with Gasteiger partial charge in [-0.2, -0.15) is 5.26 Å². The van der Waals surface area contributed by atoms with E-state index in [0.29, 0.717) is 22.0 Å². The summed E-state index contributed by atoms with van der Waals surface area (Å²) in [5, 5.41) is 14.6. The van der Waals surface area contributed by atoms with Gasteiger partial charge in [-0.15, -0.1) is 0 Å². The van der Waals surface area contributed by atoms with Crippen LogP contribution >= 0.6 is 11.6 Å². The van der Waals surface area contributed by atoms with Gasteiger partial charge in [-0.1, -0.05) is 23.7 Å². The number of nitriles is 1. The highest BCUT2D eigenvalue weighted by molar-refractivity contribution is 6.33. The molecule has 0 bridgehead atoms.